The smallest absolute Gasteiger partial charge is 0.260 e. The molecule has 0 spiro atoms. The van der Waals surface area contributed by atoms with Gasteiger partial charge in [0.1, 0.15) is 17.8 Å². The Labute approximate surface area is 195 Å². The molecule has 2 N–H and O–H groups in total. The molecule has 4 heterocycles. The van der Waals surface area contributed by atoms with Crippen LogP contribution < -0.4 is 10.2 Å². The lowest BCUT2D eigenvalue weighted by Crippen LogP contribution is -2.24. The van der Waals surface area contributed by atoms with Crippen LogP contribution in [0.25, 0.3) is 11.5 Å². The summed E-state index contributed by atoms with van der Waals surface area (Å²) in [4.78, 5) is 28.6. The van der Waals surface area contributed by atoms with Gasteiger partial charge >= 0.3 is 0 Å². The van der Waals surface area contributed by atoms with Gasteiger partial charge in [0.05, 0.1) is 12.2 Å². The van der Waals surface area contributed by atoms with Gasteiger partial charge in [-0.3, -0.25) is 19.8 Å². The van der Waals surface area contributed by atoms with Gasteiger partial charge in [0.25, 0.3) is 5.91 Å². The molecular weight excluding hydrogens is 414 g/mol. The van der Waals surface area contributed by atoms with Crippen molar-refractivity contribution in [1.29, 1.82) is 0 Å². The molecule has 33 heavy (non-hydrogen) atoms. The maximum atomic E-state index is 13.3. The van der Waals surface area contributed by atoms with Crippen LogP contribution in [0.4, 0.5) is 5.82 Å². The van der Waals surface area contributed by atoms with Crippen molar-refractivity contribution in [3.05, 3.63) is 53.1 Å². The summed E-state index contributed by atoms with van der Waals surface area (Å²) in [5.74, 6) is 2.04. The van der Waals surface area contributed by atoms with Gasteiger partial charge in [-0.2, -0.15) is 5.10 Å². The quantitative estimate of drug-likeness (QED) is 0.586. The van der Waals surface area contributed by atoms with Crippen LogP contribution in [0.15, 0.2) is 30.6 Å². The third-order valence-electron chi connectivity index (χ3n) is 6.45. The van der Waals surface area contributed by atoms with Crippen molar-refractivity contribution in [3.63, 3.8) is 0 Å². The van der Waals surface area contributed by atoms with Gasteiger partial charge < -0.3 is 5.32 Å². The van der Waals surface area contributed by atoms with E-state index < -0.39 is 0 Å². The molecule has 0 aromatic carbocycles. The van der Waals surface area contributed by atoms with Gasteiger partial charge in [0.2, 0.25) is 0 Å². The average Bonchev–Trinajstić information content (AvgIpc) is 3.22. The van der Waals surface area contributed by atoms with Crippen molar-refractivity contribution in [1.82, 2.24) is 30.5 Å². The molecule has 1 fully saturated rings. The predicted molar refractivity (Wildman–Crippen MR) is 129 cm³/mol. The SMILES string of the molecule is CCC(C)C.CNCc1nc(C2(C)CC2)cc2c1CN(c1cccc(-c3ncn[nH]3)n1)C2=O. The van der Waals surface area contributed by atoms with Crippen LogP contribution >= 0.6 is 0 Å². The normalized spacial score (nSPS) is 15.9. The molecule has 1 aliphatic heterocycles. The molecule has 0 radical (unpaired) electrons. The minimum absolute atomic E-state index is 0.0255. The topological polar surface area (TPSA) is 99.7 Å². The molecule has 8 heteroatoms. The van der Waals surface area contributed by atoms with E-state index in [1.807, 2.05) is 31.3 Å². The molecule has 174 valence electrons. The van der Waals surface area contributed by atoms with Crippen LogP contribution in [0.3, 0.4) is 0 Å². The molecule has 3 aromatic rings. The Hall–Kier alpha value is -3.13. The molecule has 2 aliphatic rings. The number of carbonyl (C=O) groups excluding carboxylic acids is 1. The van der Waals surface area contributed by atoms with Crippen molar-refractivity contribution >= 4 is 11.7 Å². The number of hydrogen-bond acceptors (Lipinski definition) is 6. The van der Waals surface area contributed by atoms with Gasteiger partial charge in [0, 0.05) is 28.8 Å². The molecular formula is C25H33N7O. The number of nitrogens with zero attached hydrogens (tertiary/aromatic N) is 5. The Morgan fingerprint density at radius 1 is 1.24 bits per heavy atom. The first kappa shape index (κ1) is 23.0. The van der Waals surface area contributed by atoms with Gasteiger partial charge in [0.15, 0.2) is 5.82 Å². The zero-order valence-corrected chi connectivity index (χ0v) is 20.1. The Balaban J connectivity index is 0.000000471. The van der Waals surface area contributed by atoms with E-state index in [2.05, 4.69) is 53.2 Å². The molecule has 1 saturated carbocycles. The number of aromatic nitrogens is 5. The monoisotopic (exact) mass is 447 g/mol. The Bertz CT molecular complexity index is 1120. The molecule has 0 atom stereocenters. The molecule has 1 aliphatic carbocycles. The van der Waals surface area contributed by atoms with Crippen molar-refractivity contribution in [3.8, 4) is 11.5 Å². The second kappa shape index (κ2) is 9.39. The van der Waals surface area contributed by atoms with E-state index in [0.717, 1.165) is 41.3 Å². The summed E-state index contributed by atoms with van der Waals surface area (Å²) in [7, 11) is 1.90. The van der Waals surface area contributed by atoms with E-state index in [1.54, 1.807) is 4.90 Å². The summed E-state index contributed by atoms with van der Waals surface area (Å²) < 4.78 is 0. The molecule has 0 bridgehead atoms. The number of pyridine rings is 2. The van der Waals surface area contributed by atoms with Gasteiger partial charge in [-0.25, -0.2) is 9.97 Å². The molecule has 3 aromatic heterocycles. The fourth-order valence-electron chi connectivity index (χ4n) is 3.65. The van der Waals surface area contributed by atoms with Crippen LogP contribution in [-0.4, -0.2) is 38.1 Å². The minimum Gasteiger partial charge on any atom is -0.314 e. The number of hydrogen-bond donors (Lipinski definition) is 2. The fourth-order valence-corrected chi connectivity index (χ4v) is 3.65. The Kier molecular flexibility index (Phi) is 6.56. The Morgan fingerprint density at radius 3 is 2.61 bits per heavy atom. The zero-order chi connectivity index (χ0) is 23.6. The zero-order valence-electron chi connectivity index (χ0n) is 20.1. The van der Waals surface area contributed by atoms with Crippen molar-refractivity contribution in [2.24, 2.45) is 5.92 Å². The maximum absolute atomic E-state index is 13.3. The highest BCUT2D eigenvalue weighted by Gasteiger charge is 2.43. The number of amides is 1. The Morgan fingerprint density at radius 2 is 2.00 bits per heavy atom. The minimum atomic E-state index is -0.0255. The number of carbonyl (C=O) groups is 1. The van der Waals surface area contributed by atoms with Gasteiger partial charge in [-0.05, 0) is 44.0 Å². The molecule has 5 rings (SSSR count). The summed E-state index contributed by atoms with van der Waals surface area (Å²) in [6.07, 6.45) is 4.99. The largest absolute Gasteiger partial charge is 0.314 e. The molecule has 0 saturated heterocycles. The summed E-state index contributed by atoms with van der Waals surface area (Å²) >= 11 is 0. The summed E-state index contributed by atoms with van der Waals surface area (Å²) in [6.45, 7) is 9.97. The number of anilines is 1. The lowest BCUT2D eigenvalue weighted by Gasteiger charge is -2.15. The second-order valence-electron chi connectivity index (χ2n) is 9.48. The highest BCUT2D eigenvalue weighted by Crippen LogP contribution is 2.47. The third-order valence-corrected chi connectivity index (χ3v) is 6.45. The van der Waals surface area contributed by atoms with Crippen LogP contribution in [0.5, 0.6) is 0 Å². The van der Waals surface area contributed by atoms with E-state index in [1.165, 1.54) is 12.7 Å². The second-order valence-corrected chi connectivity index (χ2v) is 9.48. The number of nitrogens with one attached hydrogen (secondary N) is 2. The number of fused-ring (bicyclic) bond motifs is 1. The first-order chi connectivity index (χ1) is 15.9. The van der Waals surface area contributed by atoms with Crippen LogP contribution in [-0.2, 0) is 18.5 Å². The summed E-state index contributed by atoms with van der Waals surface area (Å²) in [6, 6.07) is 7.56. The molecule has 8 nitrogen and oxygen atoms in total. The maximum Gasteiger partial charge on any atom is 0.260 e. The highest BCUT2D eigenvalue weighted by molar-refractivity contribution is 6.09. The average molecular weight is 448 g/mol. The lowest BCUT2D eigenvalue weighted by atomic mass is 9.99. The van der Waals surface area contributed by atoms with Crippen LogP contribution in [0, 0.1) is 5.92 Å². The molecule has 1 amide bonds. The number of aromatic amines is 1. The van der Waals surface area contributed by atoms with Crippen molar-refractivity contribution in [2.75, 3.05) is 11.9 Å². The van der Waals surface area contributed by atoms with E-state index in [9.17, 15) is 4.79 Å². The summed E-state index contributed by atoms with van der Waals surface area (Å²) in [5.41, 5.74) is 4.46. The fraction of sp³-hybridized carbons (Fsp3) is 0.480. The van der Waals surface area contributed by atoms with Crippen molar-refractivity contribution in [2.45, 2.75) is 65.5 Å². The van der Waals surface area contributed by atoms with Crippen LogP contribution in [0.1, 0.15) is 74.3 Å². The number of H-pyrrole nitrogens is 1. The van der Waals surface area contributed by atoms with E-state index >= 15 is 0 Å². The third kappa shape index (κ3) is 4.80. The number of rotatable bonds is 6. The van der Waals surface area contributed by atoms with E-state index in [-0.39, 0.29) is 11.3 Å². The van der Waals surface area contributed by atoms with E-state index in [0.29, 0.717) is 30.4 Å². The van der Waals surface area contributed by atoms with Gasteiger partial charge in [-0.1, -0.05) is 40.2 Å². The van der Waals surface area contributed by atoms with Gasteiger partial charge in [-0.15, -0.1) is 0 Å². The highest BCUT2D eigenvalue weighted by atomic mass is 16.2. The summed E-state index contributed by atoms with van der Waals surface area (Å²) in [5, 5.41) is 9.87. The van der Waals surface area contributed by atoms with Crippen molar-refractivity contribution < 1.29 is 4.79 Å². The lowest BCUT2D eigenvalue weighted by molar-refractivity contribution is 0.0996. The standard InChI is InChI=1S/C20H21N7O.C5H12/c1-20(6-7-20)16-8-12-13(15(24-16)9-21-2)10-27(19(12)28)17-5-3-4-14(25-17)18-22-11-23-26-18;1-4-5(2)3/h3-5,8,11,21H,6-7,9-10H2,1-2H3,(H,22,23,26);5H,4H2,1-3H3. The first-order valence-corrected chi connectivity index (χ1v) is 11.7. The van der Waals surface area contributed by atoms with Crippen LogP contribution in [0.2, 0.25) is 0 Å². The molecule has 0 unspecified atom stereocenters. The van der Waals surface area contributed by atoms with E-state index in [4.69, 9.17) is 4.98 Å². The predicted octanol–water partition coefficient (Wildman–Crippen LogP) is 4.25. The first-order valence-electron chi connectivity index (χ1n) is 11.7.